The molecule has 35 heavy (non-hydrogen) atoms. The van der Waals surface area contributed by atoms with Gasteiger partial charge in [0.15, 0.2) is 4.34 Å². The molecule has 2 aliphatic rings. The second-order valence-corrected chi connectivity index (χ2v) is 11.1. The van der Waals surface area contributed by atoms with Crippen LogP contribution in [-0.2, 0) is 14.4 Å². The molecule has 4 amide bonds. The van der Waals surface area contributed by atoms with Gasteiger partial charge in [0, 0.05) is 17.2 Å². The van der Waals surface area contributed by atoms with Crippen LogP contribution < -0.4 is 22.1 Å². The van der Waals surface area contributed by atoms with E-state index in [4.69, 9.17) is 11.5 Å². The minimum Gasteiger partial charge on any atom is -0.477 e. The molecule has 0 radical (unpaired) electrons. The van der Waals surface area contributed by atoms with E-state index in [0.29, 0.717) is 28.3 Å². The Kier molecular flexibility index (Phi) is 7.30. The Morgan fingerprint density at radius 1 is 1.29 bits per heavy atom. The number of hydrogen-bond donors (Lipinski definition) is 5. The Morgan fingerprint density at radius 2 is 2.00 bits per heavy atom. The number of nitrogens with one attached hydrogen (secondary N) is 2. The zero-order valence-electron chi connectivity index (χ0n) is 18.3. The number of anilines is 1. The molecule has 2 aliphatic heterocycles. The van der Waals surface area contributed by atoms with Gasteiger partial charge in [-0.05, 0) is 30.2 Å². The van der Waals surface area contributed by atoms with E-state index in [1.807, 2.05) is 6.92 Å². The predicted octanol–water partition coefficient (Wildman–Crippen LogP) is 0.868. The van der Waals surface area contributed by atoms with Crippen LogP contribution in [0.25, 0.3) is 0 Å². The van der Waals surface area contributed by atoms with Gasteiger partial charge in [-0.3, -0.25) is 14.5 Å². The zero-order valence-corrected chi connectivity index (χ0v) is 20.7. The van der Waals surface area contributed by atoms with Crippen molar-refractivity contribution < 1.29 is 24.3 Å². The van der Waals surface area contributed by atoms with Gasteiger partial charge in [-0.1, -0.05) is 35.2 Å². The lowest BCUT2D eigenvalue weighted by atomic mass is 10.0. The number of carbonyl (C=O) groups is 4. The first-order valence-electron chi connectivity index (χ1n) is 10.2. The quantitative estimate of drug-likeness (QED) is 0.239. The molecule has 1 aromatic heterocycles. The van der Waals surface area contributed by atoms with E-state index in [0.717, 1.165) is 9.35 Å². The van der Waals surface area contributed by atoms with E-state index in [-0.39, 0.29) is 5.70 Å². The Labute approximate surface area is 211 Å². The van der Waals surface area contributed by atoms with Gasteiger partial charge in [0.25, 0.3) is 5.91 Å². The van der Waals surface area contributed by atoms with Crippen molar-refractivity contribution in [2.45, 2.75) is 28.7 Å². The fraction of sp³-hybridized carbons (Fsp3) is 0.300. The van der Waals surface area contributed by atoms with Crippen molar-refractivity contribution in [3.05, 3.63) is 46.1 Å². The van der Waals surface area contributed by atoms with Gasteiger partial charge < -0.3 is 27.2 Å². The Balaban J connectivity index is 1.41. The summed E-state index contributed by atoms with van der Waals surface area (Å²) in [5, 5.41) is 23.1. The largest absolute Gasteiger partial charge is 0.477 e. The number of rotatable bonds is 8. The molecule has 0 aliphatic carbocycles. The maximum absolute atomic E-state index is 12.9. The summed E-state index contributed by atoms with van der Waals surface area (Å²) in [6.45, 7) is 1.83. The van der Waals surface area contributed by atoms with Gasteiger partial charge in [0.1, 0.15) is 28.2 Å². The number of aliphatic carboxylic acids is 1. The highest BCUT2D eigenvalue weighted by atomic mass is 32.2. The van der Waals surface area contributed by atoms with E-state index in [9.17, 15) is 24.3 Å². The minimum atomic E-state index is -1.20. The number of aryl methyl sites for hydroxylation is 1. The highest BCUT2D eigenvalue weighted by molar-refractivity contribution is 8.01. The standard InChI is InChI=1S/C20H21N7O5S3/c1-8-25-26-20(35-8)34-7-10-6-33-17-13(16(29)27(17)14(10)18(30)31)24-15(28)12(21)9-2-4-11(5-3-9)23-19(22)32/h2-5,12-13,17H,6-7,21H2,1H3,(H,24,28)(H,30,31)(H3,22,23,32)/t12?,13?,17-/m0/s1. The van der Waals surface area contributed by atoms with Gasteiger partial charge in [-0.25, -0.2) is 9.59 Å². The number of primary amides is 1. The van der Waals surface area contributed by atoms with Gasteiger partial charge in [-0.15, -0.1) is 22.0 Å². The van der Waals surface area contributed by atoms with Crippen molar-refractivity contribution >= 4 is 64.4 Å². The molecule has 4 rings (SSSR count). The fourth-order valence-electron chi connectivity index (χ4n) is 3.59. The average molecular weight is 536 g/mol. The van der Waals surface area contributed by atoms with Crippen LogP contribution in [0.15, 0.2) is 39.9 Å². The zero-order chi connectivity index (χ0) is 25.3. The minimum absolute atomic E-state index is 0.0557. The van der Waals surface area contributed by atoms with Crippen LogP contribution in [0.3, 0.4) is 0 Å². The van der Waals surface area contributed by atoms with E-state index in [1.165, 1.54) is 39.8 Å². The maximum atomic E-state index is 12.9. The van der Waals surface area contributed by atoms with Crippen LogP contribution in [0.4, 0.5) is 10.5 Å². The van der Waals surface area contributed by atoms with Crippen molar-refractivity contribution in [1.82, 2.24) is 20.4 Å². The molecule has 2 aromatic rings. The molecule has 1 saturated heterocycles. The summed E-state index contributed by atoms with van der Waals surface area (Å²) in [6.07, 6.45) is 0. The topological polar surface area (TPSA) is 194 Å². The van der Waals surface area contributed by atoms with E-state index < -0.39 is 41.3 Å². The highest BCUT2D eigenvalue weighted by Gasteiger charge is 2.54. The molecule has 0 spiro atoms. The van der Waals surface area contributed by atoms with Crippen LogP contribution in [-0.4, -0.2) is 66.9 Å². The van der Waals surface area contributed by atoms with Crippen LogP contribution in [0, 0.1) is 6.92 Å². The summed E-state index contributed by atoms with van der Waals surface area (Å²) in [5.74, 6) is -1.52. The lowest BCUT2D eigenvalue weighted by Crippen LogP contribution is -2.71. The number of thioether (sulfide) groups is 2. The number of nitrogens with zero attached hydrogens (tertiary/aromatic N) is 3. The van der Waals surface area contributed by atoms with Crippen LogP contribution >= 0.6 is 34.9 Å². The number of carboxylic acids is 1. The number of β-lactam (4-membered cyclic amide) rings is 1. The van der Waals surface area contributed by atoms with Crippen LogP contribution in [0.5, 0.6) is 0 Å². The molecular formula is C20H21N7O5S3. The Bertz CT molecular complexity index is 1220. The van der Waals surface area contributed by atoms with Gasteiger partial charge in [0.2, 0.25) is 5.91 Å². The molecular weight excluding hydrogens is 514 g/mol. The number of carboxylic acid groups (broad SMARTS) is 1. The first-order valence-corrected chi connectivity index (χ1v) is 13.1. The molecule has 0 saturated carbocycles. The average Bonchev–Trinajstić information content (AvgIpc) is 3.24. The van der Waals surface area contributed by atoms with Gasteiger partial charge >= 0.3 is 12.0 Å². The third kappa shape index (κ3) is 5.27. The summed E-state index contributed by atoms with van der Waals surface area (Å²) in [6, 6.07) is 3.56. The normalized spacial score (nSPS) is 20.1. The van der Waals surface area contributed by atoms with Crippen molar-refractivity contribution in [3.63, 3.8) is 0 Å². The summed E-state index contributed by atoms with van der Waals surface area (Å²) in [5.41, 5.74) is 12.6. The lowest BCUT2D eigenvalue weighted by Gasteiger charge is -2.49. The number of hydrogen-bond acceptors (Lipinski definition) is 10. The summed E-state index contributed by atoms with van der Waals surface area (Å²) in [4.78, 5) is 49.7. The van der Waals surface area contributed by atoms with Crippen molar-refractivity contribution in [1.29, 1.82) is 0 Å². The smallest absolute Gasteiger partial charge is 0.352 e. The first-order chi connectivity index (χ1) is 16.7. The number of aromatic nitrogens is 2. The summed E-state index contributed by atoms with van der Waals surface area (Å²) >= 11 is 4.17. The van der Waals surface area contributed by atoms with Crippen LogP contribution in [0.2, 0.25) is 0 Å². The molecule has 2 unspecified atom stereocenters. The van der Waals surface area contributed by atoms with E-state index >= 15 is 0 Å². The molecule has 184 valence electrons. The molecule has 0 bridgehead atoms. The fourth-order valence-corrected chi connectivity index (χ4v) is 6.89. The number of urea groups is 1. The number of fused-ring (bicyclic) bond motifs is 1. The second-order valence-electron chi connectivity index (χ2n) is 7.62. The number of amides is 4. The SMILES string of the molecule is Cc1nnc(SCC2=C(C(=O)O)N3C(=O)C(NC(=O)C(N)c4ccc(NC(N)=O)cc4)[C@@H]3SC2)s1. The molecule has 3 heterocycles. The van der Waals surface area contributed by atoms with Gasteiger partial charge in [-0.2, -0.15) is 0 Å². The molecule has 7 N–H and O–H groups in total. The molecule has 12 nitrogen and oxygen atoms in total. The highest BCUT2D eigenvalue weighted by Crippen LogP contribution is 2.42. The third-order valence-corrected chi connectivity index (χ3v) is 8.64. The van der Waals surface area contributed by atoms with Crippen molar-refractivity contribution in [2.75, 3.05) is 16.8 Å². The molecule has 15 heteroatoms. The summed E-state index contributed by atoms with van der Waals surface area (Å²) < 4.78 is 0.722. The number of benzene rings is 1. The Morgan fingerprint density at radius 3 is 2.60 bits per heavy atom. The Hall–Kier alpha value is -3.14. The second kappa shape index (κ2) is 10.2. The van der Waals surface area contributed by atoms with E-state index in [2.05, 4.69) is 20.8 Å². The molecule has 3 atom stereocenters. The van der Waals surface area contributed by atoms with Gasteiger partial charge in [0.05, 0.1) is 0 Å². The number of nitrogens with two attached hydrogens (primary N) is 2. The molecule has 1 fully saturated rings. The van der Waals surface area contributed by atoms with E-state index in [1.54, 1.807) is 24.3 Å². The lowest BCUT2D eigenvalue weighted by molar-refractivity contribution is -0.150. The third-order valence-electron chi connectivity index (χ3n) is 5.24. The van der Waals surface area contributed by atoms with Crippen molar-refractivity contribution in [2.24, 2.45) is 11.5 Å². The maximum Gasteiger partial charge on any atom is 0.352 e. The first kappa shape index (κ1) is 25.0. The van der Waals surface area contributed by atoms with Crippen LogP contribution in [0.1, 0.15) is 16.6 Å². The summed E-state index contributed by atoms with van der Waals surface area (Å²) in [7, 11) is 0. The predicted molar refractivity (Wildman–Crippen MR) is 132 cm³/mol. The monoisotopic (exact) mass is 535 g/mol. The van der Waals surface area contributed by atoms with Crippen molar-refractivity contribution in [3.8, 4) is 0 Å². The number of carbonyl (C=O) groups excluding carboxylic acids is 3. The molecule has 1 aromatic carbocycles.